The zero-order valence-corrected chi connectivity index (χ0v) is 10.2. The molecule has 0 saturated heterocycles. The molecule has 5 heteroatoms. The second kappa shape index (κ2) is 4.62. The molecule has 0 radical (unpaired) electrons. The first-order valence-corrected chi connectivity index (χ1v) is 6.30. The van der Waals surface area contributed by atoms with Gasteiger partial charge in [0.05, 0.1) is 4.90 Å². The van der Waals surface area contributed by atoms with E-state index in [1.54, 1.807) is 12.1 Å². The normalized spacial score (nSPS) is 13.2. The van der Waals surface area contributed by atoms with Crippen molar-refractivity contribution < 1.29 is 5.11 Å². The molecule has 0 amide bonds. The van der Waals surface area contributed by atoms with Gasteiger partial charge < -0.3 is 10.4 Å². The van der Waals surface area contributed by atoms with E-state index in [9.17, 15) is 5.11 Å². The summed E-state index contributed by atoms with van der Waals surface area (Å²) in [7, 11) is 0. The summed E-state index contributed by atoms with van der Waals surface area (Å²) in [6, 6.07) is 15.1. The van der Waals surface area contributed by atoms with Crippen LogP contribution >= 0.6 is 11.9 Å². The highest BCUT2D eigenvalue weighted by molar-refractivity contribution is 7.98. The highest BCUT2D eigenvalue weighted by Gasteiger charge is 2.15. The number of rotatable bonds is 1. The predicted octanol–water partition coefficient (Wildman–Crippen LogP) is 3.10. The van der Waals surface area contributed by atoms with Crippen LogP contribution in [0, 0.1) is 0 Å². The Morgan fingerprint density at radius 3 is 2.72 bits per heavy atom. The van der Waals surface area contributed by atoms with E-state index in [4.69, 9.17) is 0 Å². The van der Waals surface area contributed by atoms with E-state index in [1.807, 2.05) is 36.4 Å². The first-order chi connectivity index (χ1) is 8.83. The van der Waals surface area contributed by atoms with Crippen molar-refractivity contribution in [3.63, 3.8) is 0 Å². The summed E-state index contributed by atoms with van der Waals surface area (Å²) < 4.78 is 3.10. The number of phenolic OH excluding ortho intramolecular Hbond substituents is 1. The second-order valence-electron chi connectivity index (χ2n) is 3.78. The van der Waals surface area contributed by atoms with Crippen molar-refractivity contribution >= 4 is 29.3 Å². The van der Waals surface area contributed by atoms with Crippen molar-refractivity contribution in [3.8, 4) is 5.75 Å². The molecule has 4 nitrogen and oxygen atoms in total. The molecule has 0 aliphatic carbocycles. The smallest absolute Gasteiger partial charge is 0.211 e. The summed E-state index contributed by atoms with van der Waals surface area (Å²) in [6.07, 6.45) is 0. The minimum absolute atomic E-state index is 0.189. The van der Waals surface area contributed by atoms with Crippen molar-refractivity contribution in [1.82, 2.24) is 4.72 Å². The van der Waals surface area contributed by atoms with Gasteiger partial charge in [-0.25, -0.2) is 4.99 Å². The molecule has 18 heavy (non-hydrogen) atoms. The maximum Gasteiger partial charge on any atom is 0.211 e. The minimum atomic E-state index is 0.189. The van der Waals surface area contributed by atoms with Gasteiger partial charge in [-0.05, 0) is 36.2 Å². The number of fused-ring (bicyclic) bond motifs is 1. The molecule has 2 aromatic carbocycles. The lowest BCUT2D eigenvalue weighted by Gasteiger charge is -2.18. The molecule has 2 aromatic rings. The van der Waals surface area contributed by atoms with Crippen molar-refractivity contribution in [2.45, 2.75) is 4.90 Å². The standard InChI is InChI=1S/C13H11N3OS/c17-10-7-4-8-11-12(10)15-13(16-18-11)14-9-5-2-1-3-6-9/h1-8,17H,(H2,14,15,16). The number of para-hydroxylation sites is 2. The highest BCUT2D eigenvalue weighted by atomic mass is 32.2. The monoisotopic (exact) mass is 257 g/mol. The highest BCUT2D eigenvalue weighted by Crippen LogP contribution is 2.38. The van der Waals surface area contributed by atoms with E-state index >= 15 is 0 Å². The molecule has 0 atom stereocenters. The number of benzene rings is 2. The molecular formula is C13H11N3OS. The average Bonchev–Trinajstić information content (AvgIpc) is 2.41. The Labute approximate surface area is 109 Å². The molecule has 1 aliphatic rings. The number of hydrogen-bond acceptors (Lipinski definition) is 5. The van der Waals surface area contributed by atoms with E-state index < -0.39 is 0 Å². The van der Waals surface area contributed by atoms with E-state index in [2.05, 4.69) is 15.0 Å². The lowest BCUT2D eigenvalue weighted by atomic mass is 10.3. The van der Waals surface area contributed by atoms with Crippen LogP contribution in [-0.2, 0) is 0 Å². The summed E-state index contributed by atoms with van der Waals surface area (Å²) in [5, 5.41) is 12.9. The van der Waals surface area contributed by atoms with Crippen LogP contribution in [0.25, 0.3) is 0 Å². The molecule has 0 aromatic heterocycles. The number of anilines is 1. The first-order valence-electron chi connectivity index (χ1n) is 5.48. The Hall–Kier alpha value is -2.14. The number of nitrogens with zero attached hydrogens (tertiary/aromatic N) is 1. The summed E-state index contributed by atoms with van der Waals surface area (Å²) in [6.45, 7) is 0. The van der Waals surface area contributed by atoms with E-state index in [1.165, 1.54) is 11.9 Å². The third kappa shape index (κ3) is 2.12. The molecule has 1 aliphatic heterocycles. The molecule has 0 fully saturated rings. The molecule has 3 rings (SSSR count). The van der Waals surface area contributed by atoms with Gasteiger partial charge in [-0.1, -0.05) is 24.3 Å². The fourth-order valence-corrected chi connectivity index (χ4v) is 2.35. The summed E-state index contributed by atoms with van der Waals surface area (Å²) in [5.41, 5.74) is 1.54. The largest absolute Gasteiger partial charge is 0.506 e. The Bertz CT molecular complexity index is 598. The molecule has 0 unspecified atom stereocenters. The van der Waals surface area contributed by atoms with Gasteiger partial charge in [0.25, 0.3) is 0 Å². The zero-order valence-electron chi connectivity index (χ0n) is 9.42. The van der Waals surface area contributed by atoms with Crippen LogP contribution in [0.1, 0.15) is 0 Å². The van der Waals surface area contributed by atoms with Gasteiger partial charge >= 0.3 is 0 Å². The quantitative estimate of drug-likeness (QED) is 0.687. The number of guanidine groups is 1. The first kappa shape index (κ1) is 11.0. The fraction of sp³-hybridized carbons (Fsp3) is 0. The van der Waals surface area contributed by atoms with Gasteiger partial charge in [0, 0.05) is 5.69 Å². The van der Waals surface area contributed by atoms with E-state index in [0.29, 0.717) is 11.6 Å². The van der Waals surface area contributed by atoms with Gasteiger partial charge in [0.2, 0.25) is 5.96 Å². The topological polar surface area (TPSA) is 56.7 Å². The number of nitrogens with one attached hydrogen (secondary N) is 2. The average molecular weight is 257 g/mol. The van der Waals surface area contributed by atoms with Crippen molar-refractivity contribution in [3.05, 3.63) is 48.5 Å². The van der Waals surface area contributed by atoms with Crippen molar-refractivity contribution in [2.75, 3.05) is 5.32 Å². The van der Waals surface area contributed by atoms with Crippen LogP contribution in [0.15, 0.2) is 58.4 Å². The lowest BCUT2D eigenvalue weighted by Crippen LogP contribution is -2.26. The van der Waals surface area contributed by atoms with Crippen molar-refractivity contribution in [1.29, 1.82) is 0 Å². The Morgan fingerprint density at radius 2 is 1.89 bits per heavy atom. The molecule has 0 saturated carbocycles. The van der Waals surface area contributed by atoms with E-state index in [-0.39, 0.29) is 5.75 Å². The van der Waals surface area contributed by atoms with Crippen LogP contribution in [0.3, 0.4) is 0 Å². The van der Waals surface area contributed by atoms with Gasteiger partial charge in [-0.3, -0.25) is 4.72 Å². The van der Waals surface area contributed by atoms with Crippen LogP contribution in [0.5, 0.6) is 5.75 Å². The molecule has 0 spiro atoms. The number of phenols is 1. The zero-order chi connectivity index (χ0) is 12.4. The summed E-state index contributed by atoms with van der Waals surface area (Å²) in [4.78, 5) is 5.27. The minimum Gasteiger partial charge on any atom is -0.506 e. The van der Waals surface area contributed by atoms with Crippen LogP contribution in [0.4, 0.5) is 11.4 Å². The van der Waals surface area contributed by atoms with Crippen molar-refractivity contribution in [2.24, 2.45) is 4.99 Å². The summed E-state index contributed by atoms with van der Waals surface area (Å²) >= 11 is 1.43. The fourth-order valence-electron chi connectivity index (χ4n) is 1.66. The number of aliphatic imine (C=N–C) groups is 1. The number of aromatic hydroxyl groups is 1. The Kier molecular flexibility index (Phi) is 2.82. The maximum atomic E-state index is 9.76. The third-order valence-corrected chi connectivity index (χ3v) is 3.34. The Morgan fingerprint density at radius 1 is 1.06 bits per heavy atom. The number of hydrogen-bond donors (Lipinski definition) is 3. The predicted molar refractivity (Wildman–Crippen MR) is 74.3 cm³/mol. The van der Waals surface area contributed by atoms with Gasteiger partial charge in [0.1, 0.15) is 11.4 Å². The molecular weight excluding hydrogens is 246 g/mol. The second-order valence-corrected chi connectivity index (χ2v) is 4.63. The van der Waals surface area contributed by atoms with Gasteiger partial charge in [0.15, 0.2) is 0 Å². The summed E-state index contributed by atoms with van der Waals surface area (Å²) in [5.74, 6) is 0.800. The molecule has 90 valence electrons. The maximum absolute atomic E-state index is 9.76. The molecule has 1 heterocycles. The van der Waals surface area contributed by atoms with E-state index in [0.717, 1.165) is 10.6 Å². The van der Waals surface area contributed by atoms with Crippen LogP contribution in [-0.4, -0.2) is 11.1 Å². The van der Waals surface area contributed by atoms with Crippen LogP contribution in [0.2, 0.25) is 0 Å². The molecule has 3 N–H and O–H groups in total. The SMILES string of the molecule is Oc1cccc2c1N=C(Nc1ccccc1)NS2. The Balaban J connectivity index is 1.90. The lowest BCUT2D eigenvalue weighted by molar-refractivity contribution is 0.475. The van der Waals surface area contributed by atoms with Crippen LogP contribution < -0.4 is 10.0 Å². The molecule has 0 bridgehead atoms. The van der Waals surface area contributed by atoms with Gasteiger partial charge in [-0.2, -0.15) is 0 Å². The van der Waals surface area contributed by atoms with Gasteiger partial charge in [-0.15, -0.1) is 0 Å². The third-order valence-electron chi connectivity index (χ3n) is 2.50.